The van der Waals surface area contributed by atoms with Crippen LogP contribution in [0.25, 0.3) is 5.57 Å². The maximum absolute atomic E-state index is 6.05. The molecule has 0 saturated carbocycles. The summed E-state index contributed by atoms with van der Waals surface area (Å²) in [6, 6.07) is 10.2. The second kappa shape index (κ2) is 5.08. The van der Waals surface area contributed by atoms with E-state index in [2.05, 4.69) is 25.6 Å². The molecule has 0 bridgehead atoms. The molecule has 0 N–H and O–H groups in total. The van der Waals surface area contributed by atoms with Crippen molar-refractivity contribution in [2.24, 2.45) is 0 Å². The van der Waals surface area contributed by atoms with Gasteiger partial charge < -0.3 is 0 Å². The molecule has 0 radical (unpaired) electrons. The highest BCUT2D eigenvalue weighted by atomic mass is 35.5. The zero-order valence-corrected chi connectivity index (χ0v) is 8.72. The highest BCUT2D eigenvalue weighted by Crippen LogP contribution is 2.21. The maximum Gasteiger partial charge on any atom is 0.0373 e. The van der Waals surface area contributed by atoms with E-state index in [1.165, 1.54) is 5.56 Å². The zero-order valence-electron chi connectivity index (χ0n) is 7.96. The van der Waals surface area contributed by atoms with Crippen LogP contribution in [0.3, 0.4) is 0 Å². The van der Waals surface area contributed by atoms with Gasteiger partial charge in [0, 0.05) is 5.38 Å². The predicted molar refractivity (Wildman–Crippen MR) is 60.0 cm³/mol. The van der Waals surface area contributed by atoms with Crippen LogP contribution in [0.1, 0.15) is 25.3 Å². The zero-order chi connectivity index (χ0) is 9.68. The molecule has 70 valence electrons. The first kappa shape index (κ1) is 10.3. The number of halogens is 1. The lowest BCUT2D eigenvalue weighted by Gasteiger charge is -2.09. The van der Waals surface area contributed by atoms with Crippen LogP contribution < -0.4 is 0 Å². The van der Waals surface area contributed by atoms with Crippen LogP contribution >= 0.6 is 11.6 Å². The van der Waals surface area contributed by atoms with Gasteiger partial charge in [0.2, 0.25) is 0 Å². The third-order valence-electron chi connectivity index (χ3n) is 2.09. The molecule has 1 atom stereocenters. The fourth-order valence-corrected chi connectivity index (χ4v) is 1.39. The molecule has 0 aliphatic rings. The molecule has 1 aromatic rings. The minimum atomic E-state index is 0.215. The summed E-state index contributed by atoms with van der Waals surface area (Å²) in [5.41, 5.74) is 2.32. The fraction of sp³-hybridized carbons (Fsp3) is 0.333. The third kappa shape index (κ3) is 3.23. The Balaban J connectivity index is 2.59. The summed E-state index contributed by atoms with van der Waals surface area (Å²) in [5, 5.41) is 0.215. The quantitative estimate of drug-likeness (QED) is 0.633. The molecule has 0 fully saturated rings. The van der Waals surface area contributed by atoms with E-state index >= 15 is 0 Å². The number of hydrogen-bond donors (Lipinski definition) is 0. The molecule has 0 heterocycles. The van der Waals surface area contributed by atoms with Crippen LogP contribution in [0.15, 0.2) is 36.9 Å². The van der Waals surface area contributed by atoms with E-state index in [4.69, 9.17) is 11.6 Å². The molecule has 0 nitrogen and oxygen atoms in total. The summed E-state index contributed by atoms with van der Waals surface area (Å²) in [4.78, 5) is 0. The molecule has 0 aromatic heterocycles. The SMILES string of the molecule is C=C(CC(Cl)CC)c1ccccc1. The molecule has 13 heavy (non-hydrogen) atoms. The molecule has 0 saturated heterocycles. The average Bonchev–Trinajstić information content (AvgIpc) is 2.19. The molecule has 1 aromatic carbocycles. The predicted octanol–water partition coefficient (Wildman–Crippen LogP) is 4.11. The molecular formula is C12H15Cl. The van der Waals surface area contributed by atoms with Crippen molar-refractivity contribution in [3.05, 3.63) is 42.5 Å². The van der Waals surface area contributed by atoms with Gasteiger partial charge in [0.05, 0.1) is 0 Å². The van der Waals surface area contributed by atoms with Crippen LogP contribution in [0.2, 0.25) is 0 Å². The Bertz CT molecular complexity index is 264. The highest BCUT2D eigenvalue weighted by molar-refractivity contribution is 6.21. The number of rotatable bonds is 4. The summed E-state index contributed by atoms with van der Waals surface area (Å²) in [7, 11) is 0. The summed E-state index contributed by atoms with van der Waals surface area (Å²) < 4.78 is 0. The van der Waals surface area contributed by atoms with Crippen molar-refractivity contribution in [3.63, 3.8) is 0 Å². The summed E-state index contributed by atoms with van der Waals surface area (Å²) >= 11 is 6.05. The lowest BCUT2D eigenvalue weighted by atomic mass is 10.0. The average molecular weight is 195 g/mol. The van der Waals surface area contributed by atoms with Crippen LogP contribution in [0.4, 0.5) is 0 Å². The van der Waals surface area contributed by atoms with Gasteiger partial charge in [0.25, 0.3) is 0 Å². The summed E-state index contributed by atoms with van der Waals surface area (Å²) in [6.07, 6.45) is 1.87. The van der Waals surface area contributed by atoms with Crippen molar-refractivity contribution >= 4 is 17.2 Å². The van der Waals surface area contributed by atoms with Gasteiger partial charge in [-0.2, -0.15) is 0 Å². The van der Waals surface area contributed by atoms with Gasteiger partial charge in [0.1, 0.15) is 0 Å². The Hall–Kier alpha value is -0.750. The van der Waals surface area contributed by atoms with Crippen LogP contribution in [-0.2, 0) is 0 Å². The molecular weight excluding hydrogens is 180 g/mol. The van der Waals surface area contributed by atoms with Crippen molar-refractivity contribution in [2.45, 2.75) is 25.1 Å². The molecule has 1 unspecified atom stereocenters. The molecule has 0 aliphatic heterocycles. The Labute approximate surface area is 85.2 Å². The van der Waals surface area contributed by atoms with E-state index in [1.807, 2.05) is 18.2 Å². The van der Waals surface area contributed by atoms with Crippen LogP contribution in [0, 0.1) is 0 Å². The number of benzene rings is 1. The lowest BCUT2D eigenvalue weighted by molar-refractivity contribution is 0.835. The van der Waals surface area contributed by atoms with E-state index in [0.717, 1.165) is 18.4 Å². The van der Waals surface area contributed by atoms with E-state index < -0.39 is 0 Å². The molecule has 1 rings (SSSR count). The highest BCUT2D eigenvalue weighted by Gasteiger charge is 2.04. The molecule has 0 amide bonds. The minimum absolute atomic E-state index is 0.215. The third-order valence-corrected chi connectivity index (χ3v) is 2.56. The van der Waals surface area contributed by atoms with Crippen molar-refractivity contribution in [3.8, 4) is 0 Å². The second-order valence-corrected chi connectivity index (χ2v) is 3.80. The topological polar surface area (TPSA) is 0 Å². The van der Waals surface area contributed by atoms with Crippen LogP contribution in [-0.4, -0.2) is 5.38 Å². The smallest absolute Gasteiger partial charge is 0.0373 e. The van der Waals surface area contributed by atoms with Gasteiger partial charge in [-0.25, -0.2) is 0 Å². The standard InChI is InChI=1S/C12H15Cl/c1-3-12(13)9-10(2)11-7-5-4-6-8-11/h4-8,12H,2-3,9H2,1H3. The Morgan fingerprint density at radius 3 is 2.54 bits per heavy atom. The first-order chi connectivity index (χ1) is 6.24. The summed E-state index contributed by atoms with van der Waals surface area (Å²) in [5.74, 6) is 0. The molecule has 1 heteroatoms. The Morgan fingerprint density at radius 1 is 1.38 bits per heavy atom. The lowest BCUT2D eigenvalue weighted by Crippen LogP contribution is -1.96. The number of allylic oxidation sites excluding steroid dienone is 1. The van der Waals surface area contributed by atoms with Gasteiger partial charge >= 0.3 is 0 Å². The number of alkyl halides is 1. The van der Waals surface area contributed by atoms with Gasteiger partial charge in [-0.05, 0) is 24.0 Å². The Kier molecular flexibility index (Phi) is 4.04. The molecule has 0 aliphatic carbocycles. The monoisotopic (exact) mass is 194 g/mol. The van der Waals surface area contributed by atoms with E-state index in [-0.39, 0.29) is 5.38 Å². The van der Waals surface area contributed by atoms with E-state index in [9.17, 15) is 0 Å². The van der Waals surface area contributed by atoms with Crippen molar-refractivity contribution in [2.75, 3.05) is 0 Å². The Morgan fingerprint density at radius 2 is 2.00 bits per heavy atom. The normalized spacial score (nSPS) is 12.5. The van der Waals surface area contributed by atoms with Gasteiger partial charge in [-0.3, -0.25) is 0 Å². The van der Waals surface area contributed by atoms with Gasteiger partial charge in [-0.15, -0.1) is 11.6 Å². The molecule has 0 spiro atoms. The van der Waals surface area contributed by atoms with Gasteiger partial charge in [-0.1, -0.05) is 43.8 Å². The van der Waals surface area contributed by atoms with Crippen molar-refractivity contribution < 1.29 is 0 Å². The van der Waals surface area contributed by atoms with E-state index in [0.29, 0.717) is 0 Å². The fourth-order valence-electron chi connectivity index (χ4n) is 1.20. The second-order valence-electron chi connectivity index (χ2n) is 3.18. The first-order valence-corrected chi connectivity index (χ1v) is 5.05. The largest absolute Gasteiger partial charge is 0.123 e. The maximum atomic E-state index is 6.05. The van der Waals surface area contributed by atoms with Crippen molar-refractivity contribution in [1.82, 2.24) is 0 Å². The number of hydrogen-bond acceptors (Lipinski definition) is 0. The summed E-state index contributed by atoms with van der Waals surface area (Å²) in [6.45, 7) is 6.12. The minimum Gasteiger partial charge on any atom is -0.123 e. The van der Waals surface area contributed by atoms with Crippen LogP contribution in [0.5, 0.6) is 0 Å². The van der Waals surface area contributed by atoms with Gasteiger partial charge in [0.15, 0.2) is 0 Å². The first-order valence-electron chi connectivity index (χ1n) is 4.61. The van der Waals surface area contributed by atoms with E-state index in [1.54, 1.807) is 0 Å². The van der Waals surface area contributed by atoms with Crippen molar-refractivity contribution in [1.29, 1.82) is 0 Å².